The van der Waals surface area contributed by atoms with Crippen molar-refractivity contribution < 1.29 is 13.9 Å². The van der Waals surface area contributed by atoms with E-state index in [0.29, 0.717) is 5.82 Å². The van der Waals surface area contributed by atoms with E-state index in [2.05, 4.69) is 25.4 Å². The summed E-state index contributed by atoms with van der Waals surface area (Å²) in [7, 11) is 1.38. The summed E-state index contributed by atoms with van der Waals surface area (Å²) in [6, 6.07) is 6.18. The van der Waals surface area contributed by atoms with E-state index >= 15 is 0 Å². The quantitative estimate of drug-likeness (QED) is 0.262. The molecule has 1 unspecified atom stereocenters. The third-order valence-electron chi connectivity index (χ3n) is 4.38. The molecule has 3 rings (SSSR count). The van der Waals surface area contributed by atoms with Crippen molar-refractivity contribution in [2.45, 2.75) is 39.8 Å². The molecule has 0 saturated carbocycles. The molecular weight excluding hydrogens is 375 g/mol. The molecule has 4 N–H and O–H groups in total. The lowest BCUT2D eigenvalue weighted by molar-refractivity contribution is 0.200. The van der Waals surface area contributed by atoms with Gasteiger partial charge in [-0.15, -0.1) is 0 Å². The van der Waals surface area contributed by atoms with Gasteiger partial charge in [-0.25, -0.2) is 15.8 Å². The highest BCUT2D eigenvalue weighted by atomic mass is 19.1. The number of nitrogens with one attached hydrogen (secondary N) is 2. The van der Waals surface area contributed by atoms with Crippen molar-refractivity contribution >= 4 is 16.9 Å². The highest BCUT2D eigenvalue weighted by molar-refractivity contribution is 5.94. The van der Waals surface area contributed by atoms with E-state index in [-0.39, 0.29) is 29.7 Å². The number of fused-ring (bicyclic) bond motifs is 1. The Morgan fingerprint density at radius 1 is 1.28 bits per heavy atom. The number of nitrogens with two attached hydrogens (primary N) is 1. The van der Waals surface area contributed by atoms with E-state index in [1.807, 2.05) is 39.0 Å². The Balaban J connectivity index is 2.00. The van der Waals surface area contributed by atoms with Gasteiger partial charge in [-0.05, 0) is 45.4 Å². The van der Waals surface area contributed by atoms with Crippen molar-refractivity contribution in [2.75, 3.05) is 7.11 Å². The lowest BCUT2D eigenvalue weighted by Gasteiger charge is -2.17. The molecule has 8 nitrogen and oxygen atoms in total. The van der Waals surface area contributed by atoms with E-state index in [9.17, 15) is 4.39 Å². The van der Waals surface area contributed by atoms with E-state index in [1.165, 1.54) is 7.11 Å². The summed E-state index contributed by atoms with van der Waals surface area (Å²) in [5.41, 5.74) is 5.25. The Labute approximate surface area is 168 Å². The van der Waals surface area contributed by atoms with E-state index in [4.69, 9.17) is 15.3 Å². The molecule has 1 atom stereocenters. The SMILES string of the molecule is COc1nc(-c2c[nH]c3ccc(C(C)OC(=NC(C)C)NN)cc23)nc(C)c1F. The number of nitrogens with zero attached hydrogens (tertiary/aromatic N) is 3. The molecule has 2 aromatic heterocycles. The molecule has 0 fully saturated rings. The van der Waals surface area contributed by atoms with Crippen molar-refractivity contribution in [1.29, 1.82) is 0 Å². The van der Waals surface area contributed by atoms with Gasteiger partial charge >= 0.3 is 0 Å². The maximum absolute atomic E-state index is 14.1. The van der Waals surface area contributed by atoms with Crippen LogP contribution in [0.1, 0.15) is 38.1 Å². The number of benzene rings is 1. The predicted molar refractivity (Wildman–Crippen MR) is 110 cm³/mol. The zero-order valence-electron chi connectivity index (χ0n) is 17.1. The van der Waals surface area contributed by atoms with Crippen molar-refractivity contribution in [3.8, 4) is 17.3 Å². The minimum atomic E-state index is -0.565. The average molecular weight is 400 g/mol. The molecule has 2 heterocycles. The van der Waals surface area contributed by atoms with Gasteiger partial charge in [-0.3, -0.25) is 5.43 Å². The number of halogens is 1. The van der Waals surface area contributed by atoms with E-state index in [1.54, 1.807) is 13.1 Å². The number of hydrogen-bond acceptors (Lipinski definition) is 6. The number of ether oxygens (including phenoxy) is 2. The lowest BCUT2D eigenvalue weighted by atomic mass is 10.1. The number of hydrogen-bond donors (Lipinski definition) is 3. The van der Waals surface area contributed by atoms with Crippen LogP contribution in [0.5, 0.6) is 5.88 Å². The van der Waals surface area contributed by atoms with Crippen LogP contribution in [0, 0.1) is 12.7 Å². The molecule has 0 aliphatic heterocycles. The predicted octanol–water partition coefficient (Wildman–Crippen LogP) is 3.39. The standard InChI is InChI=1S/C20H25FN6O2/c1-10(2)24-20(27-22)29-12(4)13-6-7-16-14(8-13)15(9-23-16)18-25-11(3)17(21)19(26-18)28-5/h6-10,12,23H,22H2,1-5H3,(H,24,27). The van der Waals surface area contributed by atoms with Gasteiger partial charge in [0.25, 0.3) is 11.9 Å². The Morgan fingerprint density at radius 3 is 2.69 bits per heavy atom. The Kier molecular flexibility index (Phi) is 5.97. The van der Waals surface area contributed by atoms with E-state index < -0.39 is 5.82 Å². The van der Waals surface area contributed by atoms with Crippen LogP contribution in [0.3, 0.4) is 0 Å². The zero-order chi connectivity index (χ0) is 21.1. The number of aromatic nitrogens is 3. The maximum Gasteiger partial charge on any atom is 0.300 e. The van der Waals surface area contributed by atoms with Gasteiger partial charge in [0.1, 0.15) is 6.10 Å². The number of amidine groups is 1. The second-order valence-corrected chi connectivity index (χ2v) is 6.90. The average Bonchev–Trinajstić information content (AvgIpc) is 3.12. The van der Waals surface area contributed by atoms with Gasteiger partial charge in [0, 0.05) is 28.7 Å². The molecule has 0 spiro atoms. The lowest BCUT2D eigenvalue weighted by Crippen LogP contribution is -2.34. The minimum Gasteiger partial charge on any atom is -0.479 e. The van der Waals surface area contributed by atoms with Crippen LogP contribution in [0.2, 0.25) is 0 Å². The van der Waals surface area contributed by atoms with Crippen molar-refractivity contribution in [3.63, 3.8) is 0 Å². The molecule has 0 aliphatic rings. The normalized spacial score (nSPS) is 13.0. The Morgan fingerprint density at radius 2 is 2.03 bits per heavy atom. The number of methoxy groups -OCH3 is 1. The fraction of sp³-hybridized carbons (Fsp3) is 0.350. The largest absolute Gasteiger partial charge is 0.479 e. The van der Waals surface area contributed by atoms with Gasteiger partial charge < -0.3 is 14.5 Å². The maximum atomic E-state index is 14.1. The third kappa shape index (κ3) is 4.29. The molecule has 0 radical (unpaired) electrons. The summed E-state index contributed by atoms with van der Waals surface area (Å²) in [4.78, 5) is 16.0. The molecule has 154 valence electrons. The summed E-state index contributed by atoms with van der Waals surface area (Å²) in [5.74, 6) is 5.23. The molecule has 9 heteroatoms. The fourth-order valence-corrected chi connectivity index (χ4v) is 2.94. The highest BCUT2D eigenvalue weighted by Crippen LogP contribution is 2.31. The molecule has 3 aromatic rings. The van der Waals surface area contributed by atoms with Crippen LogP contribution in [-0.4, -0.2) is 34.1 Å². The van der Waals surface area contributed by atoms with Gasteiger partial charge in [-0.1, -0.05) is 6.07 Å². The molecule has 0 amide bonds. The summed E-state index contributed by atoms with van der Waals surface area (Å²) < 4.78 is 24.9. The number of hydrazine groups is 1. The molecular formula is C20H25FN6O2. The number of rotatable bonds is 5. The summed E-state index contributed by atoms with van der Waals surface area (Å²) in [5, 5.41) is 0.883. The molecule has 0 aliphatic carbocycles. The second-order valence-electron chi connectivity index (χ2n) is 6.90. The molecule has 1 aromatic carbocycles. The van der Waals surface area contributed by atoms with Crippen LogP contribution in [0.15, 0.2) is 29.4 Å². The summed E-state index contributed by atoms with van der Waals surface area (Å²) in [6.07, 6.45) is 1.49. The zero-order valence-corrected chi connectivity index (χ0v) is 17.1. The number of H-pyrrole nitrogens is 1. The second kappa shape index (κ2) is 8.44. The smallest absolute Gasteiger partial charge is 0.300 e. The van der Waals surface area contributed by atoms with Crippen molar-refractivity contribution in [3.05, 3.63) is 41.5 Å². The Bertz CT molecular complexity index is 1050. The van der Waals surface area contributed by atoms with E-state index in [0.717, 1.165) is 22.0 Å². The first-order chi connectivity index (χ1) is 13.8. The van der Waals surface area contributed by atoms with Crippen LogP contribution < -0.4 is 16.0 Å². The number of aryl methyl sites for hydroxylation is 1. The first kappa shape index (κ1) is 20.5. The fourth-order valence-electron chi connectivity index (χ4n) is 2.94. The number of aromatic amines is 1. The van der Waals surface area contributed by atoms with Gasteiger partial charge in [0.05, 0.1) is 12.8 Å². The van der Waals surface area contributed by atoms with Crippen molar-refractivity contribution in [2.24, 2.45) is 10.8 Å². The van der Waals surface area contributed by atoms with Crippen LogP contribution in [0.25, 0.3) is 22.3 Å². The molecule has 0 bridgehead atoms. The van der Waals surface area contributed by atoms with Gasteiger partial charge in [-0.2, -0.15) is 9.37 Å². The third-order valence-corrected chi connectivity index (χ3v) is 4.38. The van der Waals surface area contributed by atoms with Gasteiger partial charge in [0.2, 0.25) is 5.82 Å². The molecule has 0 saturated heterocycles. The molecule has 29 heavy (non-hydrogen) atoms. The summed E-state index contributed by atoms with van der Waals surface area (Å²) >= 11 is 0. The van der Waals surface area contributed by atoms with Crippen LogP contribution >= 0.6 is 0 Å². The minimum absolute atomic E-state index is 0.0425. The monoisotopic (exact) mass is 400 g/mol. The highest BCUT2D eigenvalue weighted by Gasteiger charge is 2.17. The Hall–Kier alpha value is -3.20. The van der Waals surface area contributed by atoms with Crippen LogP contribution in [-0.2, 0) is 4.74 Å². The summed E-state index contributed by atoms with van der Waals surface area (Å²) in [6.45, 7) is 7.35. The van der Waals surface area contributed by atoms with Crippen molar-refractivity contribution in [1.82, 2.24) is 20.4 Å². The number of aliphatic imine (C=N–C) groups is 1. The first-order valence-electron chi connectivity index (χ1n) is 9.24. The first-order valence-corrected chi connectivity index (χ1v) is 9.24. The topological polar surface area (TPSA) is 110 Å². The van der Waals surface area contributed by atoms with Gasteiger partial charge in [0.15, 0.2) is 5.82 Å². The van der Waals surface area contributed by atoms with Crippen LogP contribution in [0.4, 0.5) is 4.39 Å².